The van der Waals surface area contributed by atoms with Gasteiger partial charge in [-0.2, -0.15) is 0 Å². The molecule has 2 fully saturated rings. The molecule has 2 bridgehead atoms. The fraction of sp³-hybridized carbons (Fsp3) is 0.367. The molecule has 4 atom stereocenters. The van der Waals surface area contributed by atoms with E-state index in [2.05, 4.69) is 17.2 Å². The van der Waals surface area contributed by atoms with Gasteiger partial charge in [-0.15, -0.1) is 0 Å². The number of rotatable bonds is 4. The van der Waals surface area contributed by atoms with Crippen LogP contribution in [-0.4, -0.2) is 68.1 Å². The smallest absolute Gasteiger partial charge is 0.268 e. The summed E-state index contributed by atoms with van der Waals surface area (Å²) in [5, 5.41) is 3.50. The largest absolute Gasteiger partial charge is 0.348 e. The van der Waals surface area contributed by atoms with E-state index in [9.17, 15) is 18.8 Å². The number of amides is 3. The second-order valence-corrected chi connectivity index (χ2v) is 11.9. The third-order valence-electron chi connectivity index (χ3n) is 8.32. The average molecular weight is 530 g/mol. The van der Waals surface area contributed by atoms with Crippen molar-refractivity contribution in [2.24, 2.45) is 11.3 Å². The number of fused-ring (bicyclic) bond motifs is 4. The van der Waals surface area contributed by atoms with Gasteiger partial charge >= 0.3 is 0 Å². The molecule has 4 unspecified atom stereocenters. The minimum atomic E-state index is -0.797. The van der Waals surface area contributed by atoms with Crippen LogP contribution in [0.5, 0.6) is 0 Å². The molecular weight excluding hydrogens is 497 g/mol. The molecule has 2 N–H and O–H groups in total. The van der Waals surface area contributed by atoms with Crippen molar-refractivity contribution < 1.29 is 18.8 Å². The highest BCUT2D eigenvalue weighted by molar-refractivity contribution is 6.01. The Morgan fingerprint density at radius 2 is 1.77 bits per heavy atom. The fourth-order valence-electron chi connectivity index (χ4n) is 6.12. The van der Waals surface area contributed by atoms with Gasteiger partial charge in [-0.3, -0.25) is 14.4 Å². The molecule has 0 saturated carbocycles. The number of H-pyrrole nitrogens is 1. The number of hydrogen-bond donors (Lipinski definition) is 2. The van der Waals surface area contributed by atoms with Crippen molar-refractivity contribution in [3.05, 3.63) is 78.0 Å². The molecule has 2 aliphatic rings. The first kappa shape index (κ1) is 25.2. The number of nitrogens with zero attached hydrogens (tertiary/aromatic N) is 3. The Hall–Kier alpha value is -4.14. The highest BCUT2D eigenvalue weighted by atomic mass is 19.1. The lowest BCUT2D eigenvalue weighted by atomic mass is 9.85. The van der Waals surface area contributed by atoms with Gasteiger partial charge in [-0.05, 0) is 35.7 Å². The van der Waals surface area contributed by atoms with Crippen molar-refractivity contribution in [2.75, 3.05) is 13.1 Å². The lowest BCUT2D eigenvalue weighted by Gasteiger charge is -2.39. The third-order valence-corrected chi connectivity index (χ3v) is 8.32. The molecule has 3 amide bonds. The predicted molar refractivity (Wildman–Crippen MR) is 146 cm³/mol. The van der Waals surface area contributed by atoms with E-state index in [4.69, 9.17) is 0 Å². The third kappa shape index (κ3) is 4.16. The molecule has 5 heterocycles. The summed E-state index contributed by atoms with van der Waals surface area (Å²) in [6, 6.07) is 12.9. The predicted octanol–water partition coefficient (Wildman–Crippen LogP) is 4.08. The van der Waals surface area contributed by atoms with Crippen LogP contribution >= 0.6 is 0 Å². The molecule has 202 valence electrons. The van der Waals surface area contributed by atoms with E-state index in [1.54, 1.807) is 18.2 Å². The van der Waals surface area contributed by atoms with E-state index >= 15 is 0 Å². The van der Waals surface area contributed by atoms with E-state index in [0.29, 0.717) is 24.0 Å². The van der Waals surface area contributed by atoms with Crippen LogP contribution in [0.1, 0.15) is 48.5 Å². The average Bonchev–Trinajstić information content (AvgIpc) is 3.67. The van der Waals surface area contributed by atoms with Crippen LogP contribution in [0.15, 0.2) is 60.9 Å². The molecule has 4 aromatic rings. The summed E-state index contributed by atoms with van der Waals surface area (Å²) in [5.74, 6) is -0.988. The van der Waals surface area contributed by atoms with Gasteiger partial charge in [0.1, 0.15) is 17.6 Å². The molecule has 3 aromatic heterocycles. The molecule has 8 nitrogen and oxygen atoms in total. The summed E-state index contributed by atoms with van der Waals surface area (Å²) in [5.41, 5.74) is 1.47. The first-order valence-electron chi connectivity index (χ1n) is 13.3. The summed E-state index contributed by atoms with van der Waals surface area (Å²) in [4.78, 5) is 47.1. The van der Waals surface area contributed by atoms with Crippen molar-refractivity contribution >= 4 is 34.1 Å². The lowest BCUT2D eigenvalue weighted by molar-refractivity contribution is -0.138. The van der Waals surface area contributed by atoms with Gasteiger partial charge in [0.05, 0.1) is 23.2 Å². The molecular formula is C30H32FN5O3. The highest BCUT2D eigenvalue weighted by Gasteiger charge is 2.54. The fourth-order valence-corrected chi connectivity index (χ4v) is 6.12. The Kier molecular flexibility index (Phi) is 5.78. The maximum absolute atomic E-state index is 14.2. The zero-order chi connectivity index (χ0) is 27.6. The summed E-state index contributed by atoms with van der Waals surface area (Å²) < 4.78 is 16.1. The molecule has 9 heteroatoms. The minimum absolute atomic E-state index is 0.0307. The topological polar surface area (TPSA) is 89.9 Å². The van der Waals surface area contributed by atoms with Gasteiger partial charge in [-0.1, -0.05) is 45.9 Å². The van der Waals surface area contributed by atoms with E-state index in [1.807, 2.05) is 71.6 Å². The molecule has 0 radical (unpaired) electrons. The highest BCUT2D eigenvalue weighted by Crippen LogP contribution is 2.38. The van der Waals surface area contributed by atoms with Gasteiger partial charge in [0, 0.05) is 42.3 Å². The van der Waals surface area contributed by atoms with Crippen molar-refractivity contribution in [3.63, 3.8) is 0 Å². The Morgan fingerprint density at radius 3 is 2.44 bits per heavy atom. The first-order chi connectivity index (χ1) is 18.5. The van der Waals surface area contributed by atoms with E-state index < -0.39 is 23.2 Å². The summed E-state index contributed by atoms with van der Waals surface area (Å²) >= 11 is 0. The summed E-state index contributed by atoms with van der Waals surface area (Å²) in [7, 11) is 0. The molecule has 6 rings (SSSR count). The molecule has 2 saturated heterocycles. The van der Waals surface area contributed by atoms with Gasteiger partial charge in [-0.25, -0.2) is 4.39 Å². The minimum Gasteiger partial charge on any atom is -0.348 e. The number of carbonyl (C=O) groups excluding carboxylic acids is 3. The summed E-state index contributed by atoms with van der Waals surface area (Å²) in [6.45, 7) is 8.68. The zero-order valence-electron chi connectivity index (χ0n) is 22.4. The number of carbonyl (C=O) groups is 3. The van der Waals surface area contributed by atoms with Crippen LogP contribution < -0.4 is 5.32 Å². The van der Waals surface area contributed by atoms with Crippen LogP contribution in [-0.2, 0) is 4.79 Å². The summed E-state index contributed by atoms with van der Waals surface area (Å²) in [6.07, 6.45) is 3.76. The van der Waals surface area contributed by atoms with Crippen LogP contribution in [0.4, 0.5) is 4.39 Å². The Balaban J connectivity index is 1.20. The Morgan fingerprint density at radius 1 is 1.03 bits per heavy atom. The van der Waals surface area contributed by atoms with Crippen LogP contribution in [0.2, 0.25) is 0 Å². The number of halogens is 1. The molecule has 0 spiro atoms. The molecule has 1 aromatic carbocycles. The zero-order valence-corrected chi connectivity index (χ0v) is 22.4. The second-order valence-electron chi connectivity index (χ2n) is 11.9. The number of para-hydroxylation sites is 1. The van der Waals surface area contributed by atoms with Crippen molar-refractivity contribution in [3.8, 4) is 0 Å². The monoisotopic (exact) mass is 529 g/mol. The van der Waals surface area contributed by atoms with Gasteiger partial charge < -0.3 is 24.5 Å². The van der Waals surface area contributed by atoms with Gasteiger partial charge in [0.2, 0.25) is 5.91 Å². The standard InChI is InChI=1S/C30H32FN5O3/c1-17-23-16-36(24(17)15-35(23)28(38)19-12-20-9-5-6-11-34(20)14-19)29(39)26(30(2,3)4)33-27(37)22-13-18-8-7-10-21(31)25(18)32-22/h5-14,17,23-24,26,32H,15-16H2,1-4H3,(H,33,37). The van der Waals surface area contributed by atoms with Crippen molar-refractivity contribution in [1.82, 2.24) is 24.5 Å². The number of benzene rings is 1. The maximum Gasteiger partial charge on any atom is 0.268 e. The second kappa shape index (κ2) is 8.97. The Bertz CT molecular complexity index is 1580. The molecule has 39 heavy (non-hydrogen) atoms. The first-order valence-corrected chi connectivity index (χ1v) is 13.3. The maximum atomic E-state index is 14.2. The number of hydrogen-bond acceptors (Lipinski definition) is 3. The van der Waals surface area contributed by atoms with Crippen LogP contribution in [0.25, 0.3) is 16.4 Å². The quantitative estimate of drug-likeness (QED) is 0.418. The van der Waals surface area contributed by atoms with Crippen LogP contribution in [0, 0.1) is 17.2 Å². The number of nitrogens with one attached hydrogen (secondary N) is 2. The number of aromatic nitrogens is 2. The lowest BCUT2D eigenvalue weighted by Crippen LogP contribution is -2.59. The normalized spacial score (nSPS) is 21.6. The SMILES string of the molecule is CC1C2CN(C(=O)C(NC(=O)c3cc4cccc(F)c4[nH]3)C(C)(C)C)C1CN2C(=O)c1cc2ccccn2c1. The molecule has 0 aliphatic carbocycles. The number of piperazine rings is 1. The van der Waals surface area contributed by atoms with Crippen LogP contribution in [0.3, 0.4) is 0 Å². The number of pyridine rings is 1. The van der Waals surface area contributed by atoms with Gasteiger partial charge in [0.25, 0.3) is 11.8 Å². The number of likely N-dealkylation sites (tertiary alicyclic amines) is 2. The van der Waals surface area contributed by atoms with Crippen molar-refractivity contribution in [2.45, 2.75) is 45.8 Å². The number of aromatic amines is 1. The van der Waals surface area contributed by atoms with E-state index in [1.165, 1.54) is 6.07 Å². The van der Waals surface area contributed by atoms with E-state index in [0.717, 1.165) is 5.52 Å². The van der Waals surface area contributed by atoms with Crippen molar-refractivity contribution in [1.29, 1.82) is 0 Å². The van der Waals surface area contributed by atoms with Gasteiger partial charge in [0.15, 0.2) is 0 Å². The molecule has 2 aliphatic heterocycles. The van der Waals surface area contributed by atoms with E-state index in [-0.39, 0.29) is 41.0 Å². The Labute approximate surface area is 225 Å².